The van der Waals surface area contributed by atoms with Gasteiger partial charge >= 0.3 is 6.18 Å². The molecule has 202 valence electrons. The molecule has 0 saturated carbocycles. The van der Waals surface area contributed by atoms with Gasteiger partial charge in [0.25, 0.3) is 5.91 Å². The summed E-state index contributed by atoms with van der Waals surface area (Å²) in [4.78, 5) is 12.3. The summed E-state index contributed by atoms with van der Waals surface area (Å²) in [7, 11) is -4.06. The number of fused-ring (bicyclic) bond motifs is 1. The Labute approximate surface area is 223 Å². The molecule has 4 aromatic rings. The fourth-order valence-corrected chi connectivity index (χ4v) is 4.66. The molecule has 4 rings (SSSR count). The largest absolute Gasteiger partial charge is 0.489 e. The fourth-order valence-electron chi connectivity index (χ4n) is 3.81. The summed E-state index contributed by atoms with van der Waals surface area (Å²) in [5.41, 5.74) is 2.56. The minimum atomic E-state index is -4.66. The molecule has 39 heavy (non-hydrogen) atoms. The predicted octanol–water partition coefficient (Wildman–Crippen LogP) is 5.35. The van der Waals surface area contributed by atoms with E-state index in [1.54, 1.807) is 24.3 Å². The van der Waals surface area contributed by atoms with Crippen molar-refractivity contribution in [1.29, 1.82) is 0 Å². The topological polar surface area (TPSA) is 88.1 Å². The zero-order valence-corrected chi connectivity index (χ0v) is 21.5. The molecular formula is C28H24F3N3O4S. The average molecular weight is 556 g/mol. The van der Waals surface area contributed by atoms with Gasteiger partial charge in [0.1, 0.15) is 18.9 Å². The van der Waals surface area contributed by atoms with E-state index in [0.29, 0.717) is 28.3 Å². The SMILES string of the molecule is CS(=O)(=O)N(CC(=O)N/N=C\c1ccc(OCc2cccc3ccccc23)cc1)c1cccc(C(F)(F)F)c1. The zero-order valence-electron chi connectivity index (χ0n) is 20.7. The number of ether oxygens (including phenoxy) is 1. The first kappa shape index (κ1) is 27.6. The van der Waals surface area contributed by atoms with Gasteiger partial charge in [-0.05, 0) is 64.4 Å². The summed E-state index contributed by atoms with van der Waals surface area (Å²) >= 11 is 0. The highest BCUT2D eigenvalue weighted by molar-refractivity contribution is 7.92. The van der Waals surface area contributed by atoms with Crippen molar-refractivity contribution in [3.63, 3.8) is 0 Å². The van der Waals surface area contributed by atoms with Crippen molar-refractivity contribution < 1.29 is 31.1 Å². The number of carbonyl (C=O) groups excluding carboxylic acids is 1. The van der Waals surface area contributed by atoms with Crippen LogP contribution in [-0.4, -0.2) is 33.3 Å². The van der Waals surface area contributed by atoms with E-state index in [1.165, 1.54) is 12.3 Å². The summed E-state index contributed by atoms with van der Waals surface area (Å²) in [6.07, 6.45) is -2.52. The number of hydrogen-bond donors (Lipinski definition) is 1. The average Bonchev–Trinajstić information content (AvgIpc) is 2.90. The van der Waals surface area contributed by atoms with Gasteiger partial charge in [0.05, 0.1) is 23.7 Å². The van der Waals surface area contributed by atoms with Crippen LogP contribution in [0.3, 0.4) is 0 Å². The molecule has 4 aromatic carbocycles. The number of halogens is 3. The number of sulfonamides is 1. The number of anilines is 1. The highest BCUT2D eigenvalue weighted by atomic mass is 32.2. The van der Waals surface area contributed by atoms with Gasteiger partial charge in [-0.25, -0.2) is 13.8 Å². The number of benzene rings is 4. The third kappa shape index (κ3) is 7.35. The van der Waals surface area contributed by atoms with Crippen LogP contribution in [0.1, 0.15) is 16.7 Å². The van der Waals surface area contributed by atoms with E-state index >= 15 is 0 Å². The highest BCUT2D eigenvalue weighted by Crippen LogP contribution is 2.32. The first-order chi connectivity index (χ1) is 18.5. The second-order valence-corrected chi connectivity index (χ2v) is 10.5. The molecule has 0 aliphatic rings. The smallest absolute Gasteiger partial charge is 0.416 e. The van der Waals surface area contributed by atoms with Crippen LogP contribution in [0.25, 0.3) is 10.8 Å². The second kappa shape index (κ2) is 11.6. The van der Waals surface area contributed by atoms with Crippen molar-refractivity contribution in [2.24, 2.45) is 5.10 Å². The van der Waals surface area contributed by atoms with E-state index < -0.39 is 34.2 Å². The number of carbonyl (C=O) groups is 1. The molecule has 0 aliphatic heterocycles. The summed E-state index contributed by atoms with van der Waals surface area (Å²) < 4.78 is 70.0. The Morgan fingerprint density at radius 3 is 2.38 bits per heavy atom. The van der Waals surface area contributed by atoms with Crippen molar-refractivity contribution in [2.75, 3.05) is 17.1 Å². The Morgan fingerprint density at radius 2 is 1.67 bits per heavy atom. The molecule has 0 saturated heterocycles. The van der Waals surface area contributed by atoms with Gasteiger partial charge in [0.2, 0.25) is 10.0 Å². The van der Waals surface area contributed by atoms with Crippen molar-refractivity contribution in [3.05, 3.63) is 108 Å². The maximum absolute atomic E-state index is 13.0. The molecule has 7 nitrogen and oxygen atoms in total. The summed E-state index contributed by atoms with van der Waals surface area (Å²) in [6, 6.07) is 24.7. The molecule has 0 spiro atoms. The van der Waals surface area contributed by atoms with E-state index in [-0.39, 0.29) is 5.69 Å². The van der Waals surface area contributed by atoms with Gasteiger partial charge in [-0.15, -0.1) is 0 Å². The Hall–Kier alpha value is -4.38. The van der Waals surface area contributed by atoms with Crippen molar-refractivity contribution in [3.8, 4) is 5.75 Å². The quantitative estimate of drug-likeness (QED) is 0.223. The summed E-state index contributed by atoms with van der Waals surface area (Å²) in [5, 5.41) is 6.06. The molecule has 1 amide bonds. The molecule has 11 heteroatoms. The zero-order chi connectivity index (χ0) is 28.0. The lowest BCUT2D eigenvalue weighted by molar-refractivity contribution is -0.137. The van der Waals surface area contributed by atoms with Crippen LogP contribution >= 0.6 is 0 Å². The van der Waals surface area contributed by atoms with E-state index in [0.717, 1.165) is 34.7 Å². The van der Waals surface area contributed by atoms with Gasteiger partial charge in [-0.3, -0.25) is 9.10 Å². The van der Waals surface area contributed by atoms with Crippen LogP contribution in [0.5, 0.6) is 5.75 Å². The van der Waals surface area contributed by atoms with Gasteiger partial charge in [0, 0.05) is 0 Å². The molecular weight excluding hydrogens is 531 g/mol. The van der Waals surface area contributed by atoms with Gasteiger partial charge < -0.3 is 4.74 Å². The van der Waals surface area contributed by atoms with Gasteiger partial charge in [-0.2, -0.15) is 18.3 Å². The van der Waals surface area contributed by atoms with Crippen LogP contribution in [0.2, 0.25) is 0 Å². The number of hydrogen-bond acceptors (Lipinski definition) is 5. The number of nitrogens with one attached hydrogen (secondary N) is 1. The molecule has 0 fully saturated rings. The molecule has 0 heterocycles. The minimum absolute atomic E-state index is 0.287. The van der Waals surface area contributed by atoms with Crippen LogP contribution in [0.4, 0.5) is 18.9 Å². The lowest BCUT2D eigenvalue weighted by atomic mass is 10.1. The van der Waals surface area contributed by atoms with E-state index in [1.807, 2.05) is 42.5 Å². The van der Waals surface area contributed by atoms with E-state index in [4.69, 9.17) is 4.74 Å². The third-order valence-corrected chi connectivity index (χ3v) is 6.85. The lowest BCUT2D eigenvalue weighted by Gasteiger charge is -2.22. The van der Waals surface area contributed by atoms with Crippen molar-refractivity contribution >= 4 is 38.6 Å². The van der Waals surface area contributed by atoms with Crippen LogP contribution in [0.15, 0.2) is 96.1 Å². The number of amides is 1. The first-order valence-electron chi connectivity index (χ1n) is 11.7. The standard InChI is InChI=1S/C28H24F3N3O4S/c1-39(36,37)34(24-10-5-9-23(16-24)28(29,30)31)18-27(35)33-32-17-20-12-14-25(15-13-20)38-19-22-8-4-7-21-6-2-3-11-26(21)22/h2-17H,18-19H2,1H3,(H,33,35)/b32-17-. The van der Waals surface area contributed by atoms with Crippen LogP contribution < -0.4 is 14.5 Å². The van der Waals surface area contributed by atoms with Gasteiger partial charge in [-0.1, -0.05) is 48.5 Å². The maximum Gasteiger partial charge on any atom is 0.416 e. The highest BCUT2D eigenvalue weighted by Gasteiger charge is 2.32. The van der Waals surface area contributed by atoms with Crippen LogP contribution in [0, 0.1) is 0 Å². The number of hydrazone groups is 1. The summed E-state index contributed by atoms with van der Waals surface area (Å²) in [6.45, 7) is -0.369. The number of rotatable bonds is 9. The maximum atomic E-state index is 13.0. The minimum Gasteiger partial charge on any atom is -0.489 e. The predicted molar refractivity (Wildman–Crippen MR) is 144 cm³/mol. The first-order valence-corrected chi connectivity index (χ1v) is 13.5. The number of alkyl halides is 3. The molecule has 1 N–H and O–H groups in total. The third-order valence-electron chi connectivity index (χ3n) is 5.71. The molecule has 0 bridgehead atoms. The Balaban J connectivity index is 1.35. The second-order valence-electron chi connectivity index (χ2n) is 8.61. The Bertz CT molecular complexity index is 1600. The van der Waals surface area contributed by atoms with Crippen LogP contribution in [-0.2, 0) is 27.6 Å². The van der Waals surface area contributed by atoms with Gasteiger partial charge in [0.15, 0.2) is 0 Å². The monoisotopic (exact) mass is 555 g/mol. The molecule has 0 aliphatic carbocycles. The van der Waals surface area contributed by atoms with Crippen molar-refractivity contribution in [2.45, 2.75) is 12.8 Å². The molecule has 0 atom stereocenters. The number of nitrogens with zero attached hydrogens (tertiary/aromatic N) is 2. The molecule has 0 unspecified atom stereocenters. The fraction of sp³-hybridized carbons (Fsp3) is 0.143. The molecule has 0 aromatic heterocycles. The Kier molecular flexibility index (Phi) is 8.20. The van der Waals surface area contributed by atoms with E-state index in [2.05, 4.69) is 10.5 Å². The summed E-state index contributed by atoms with van der Waals surface area (Å²) in [5.74, 6) is -0.196. The normalized spacial score (nSPS) is 12.0. The van der Waals surface area contributed by atoms with Crippen molar-refractivity contribution in [1.82, 2.24) is 5.43 Å². The lowest BCUT2D eigenvalue weighted by Crippen LogP contribution is -2.39. The van der Waals surface area contributed by atoms with E-state index in [9.17, 15) is 26.4 Å². The Morgan fingerprint density at radius 1 is 0.974 bits per heavy atom. The molecule has 0 radical (unpaired) electrons.